The molecule has 1 fully saturated rings. The van der Waals surface area contributed by atoms with Crippen LogP contribution in [0.1, 0.15) is 38.1 Å². The number of benzene rings is 1. The van der Waals surface area contributed by atoms with Crippen molar-refractivity contribution >= 4 is 29.1 Å². The smallest absolute Gasteiger partial charge is 0.257 e. The van der Waals surface area contributed by atoms with Gasteiger partial charge < -0.3 is 9.64 Å². The lowest BCUT2D eigenvalue weighted by Gasteiger charge is -2.46. The van der Waals surface area contributed by atoms with Gasteiger partial charge in [-0.05, 0) is 39.8 Å². The van der Waals surface area contributed by atoms with Crippen LogP contribution < -0.4 is 0 Å². The number of morpholine rings is 1. The molecule has 4 atom stereocenters. The molecule has 0 spiro atoms. The second kappa shape index (κ2) is 5.92. The van der Waals surface area contributed by atoms with Crippen molar-refractivity contribution in [3.63, 3.8) is 0 Å². The van der Waals surface area contributed by atoms with Crippen LogP contribution in [-0.4, -0.2) is 35.1 Å². The van der Waals surface area contributed by atoms with Crippen molar-refractivity contribution in [1.82, 2.24) is 4.90 Å². The van der Waals surface area contributed by atoms with Crippen molar-refractivity contribution < 1.29 is 9.53 Å². The molecule has 20 heavy (non-hydrogen) atoms. The first-order chi connectivity index (χ1) is 9.34. The highest BCUT2D eigenvalue weighted by Gasteiger charge is 2.39. The van der Waals surface area contributed by atoms with Gasteiger partial charge in [0.1, 0.15) is 0 Å². The van der Waals surface area contributed by atoms with Crippen LogP contribution in [0.4, 0.5) is 0 Å². The third-order valence-electron chi connectivity index (χ3n) is 4.08. The molecule has 0 aliphatic carbocycles. The Morgan fingerprint density at radius 1 is 1.05 bits per heavy atom. The van der Waals surface area contributed by atoms with E-state index in [1.165, 1.54) is 0 Å². The zero-order valence-corrected chi connectivity index (χ0v) is 13.6. The summed E-state index contributed by atoms with van der Waals surface area (Å²) in [6.07, 6.45) is -0.0437. The van der Waals surface area contributed by atoms with Crippen LogP contribution in [0.2, 0.25) is 10.0 Å². The van der Waals surface area contributed by atoms with Gasteiger partial charge in [-0.3, -0.25) is 4.79 Å². The molecule has 3 nitrogen and oxygen atoms in total. The van der Waals surface area contributed by atoms with Crippen molar-refractivity contribution in [3.8, 4) is 0 Å². The SMILES string of the molecule is C[C@@H]1O[C@@H](C)[C@H](C)N(C(=O)c2c(Cl)cccc2Cl)[C@@H]1C. The van der Waals surface area contributed by atoms with Crippen molar-refractivity contribution in [3.05, 3.63) is 33.8 Å². The van der Waals surface area contributed by atoms with Crippen LogP contribution in [0.15, 0.2) is 18.2 Å². The average Bonchev–Trinajstić information content (AvgIpc) is 2.36. The molecule has 1 saturated heterocycles. The van der Waals surface area contributed by atoms with E-state index in [4.69, 9.17) is 27.9 Å². The second-order valence-electron chi connectivity index (χ2n) is 5.34. The van der Waals surface area contributed by atoms with Crippen molar-refractivity contribution in [2.75, 3.05) is 0 Å². The molecule has 1 aromatic carbocycles. The highest BCUT2D eigenvalue weighted by molar-refractivity contribution is 6.39. The Balaban J connectivity index is 2.40. The topological polar surface area (TPSA) is 29.5 Å². The number of rotatable bonds is 1. The number of carbonyl (C=O) groups excluding carboxylic acids is 1. The summed E-state index contributed by atoms with van der Waals surface area (Å²) in [4.78, 5) is 14.7. The number of amides is 1. The Morgan fingerprint density at radius 3 is 1.95 bits per heavy atom. The lowest BCUT2D eigenvalue weighted by Crippen LogP contribution is -2.59. The van der Waals surface area contributed by atoms with E-state index in [2.05, 4.69) is 0 Å². The van der Waals surface area contributed by atoms with Gasteiger partial charge in [-0.25, -0.2) is 0 Å². The number of halogens is 2. The van der Waals surface area contributed by atoms with Crippen molar-refractivity contribution in [1.29, 1.82) is 0 Å². The molecule has 1 amide bonds. The van der Waals surface area contributed by atoms with E-state index >= 15 is 0 Å². The van der Waals surface area contributed by atoms with E-state index in [1.54, 1.807) is 18.2 Å². The van der Waals surface area contributed by atoms with Crippen LogP contribution >= 0.6 is 23.2 Å². The molecule has 1 heterocycles. The minimum absolute atomic E-state index is 0.0218. The van der Waals surface area contributed by atoms with E-state index in [9.17, 15) is 4.79 Å². The Bertz CT molecular complexity index is 486. The summed E-state index contributed by atoms with van der Waals surface area (Å²) in [7, 11) is 0. The Labute approximate surface area is 129 Å². The first kappa shape index (κ1) is 15.6. The van der Waals surface area contributed by atoms with Crippen LogP contribution in [0.3, 0.4) is 0 Å². The number of nitrogens with zero attached hydrogens (tertiary/aromatic N) is 1. The second-order valence-corrected chi connectivity index (χ2v) is 6.15. The van der Waals surface area contributed by atoms with E-state index in [0.29, 0.717) is 15.6 Å². The Hall–Kier alpha value is -0.770. The summed E-state index contributed by atoms with van der Waals surface area (Å²) in [6, 6.07) is 5.05. The first-order valence-electron chi connectivity index (χ1n) is 6.76. The summed E-state index contributed by atoms with van der Waals surface area (Å²) in [5, 5.41) is 0.766. The Morgan fingerprint density at radius 2 is 1.50 bits per heavy atom. The third-order valence-corrected chi connectivity index (χ3v) is 4.71. The van der Waals surface area contributed by atoms with Crippen LogP contribution in [0.25, 0.3) is 0 Å². The maximum atomic E-state index is 12.9. The van der Waals surface area contributed by atoms with Gasteiger partial charge in [0.15, 0.2) is 0 Å². The third kappa shape index (κ3) is 2.67. The quantitative estimate of drug-likeness (QED) is 0.783. The fraction of sp³-hybridized carbons (Fsp3) is 0.533. The molecular formula is C15H19Cl2NO2. The van der Waals surface area contributed by atoms with E-state index in [0.717, 1.165) is 0 Å². The maximum absolute atomic E-state index is 12.9. The largest absolute Gasteiger partial charge is 0.371 e. The fourth-order valence-corrected chi connectivity index (χ4v) is 3.15. The summed E-state index contributed by atoms with van der Waals surface area (Å²) < 4.78 is 5.83. The first-order valence-corrected chi connectivity index (χ1v) is 7.52. The van der Waals surface area contributed by atoms with Gasteiger partial charge in [0, 0.05) is 0 Å². The summed E-state index contributed by atoms with van der Waals surface area (Å²) in [5.41, 5.74) is 0.371. The molecule has 1 aromatic rings. The standard InChI is InChI=1S/C15H19Cl2NO2/c1-8-10(3)20-11(4)9(2)18(8)15(19)14-12(16)6-5-7-13(14)17/h5-11H,1-4H3/t8-,9+,10-,11-/m0/s1. The molecule has 0 bridgehead atoms. The van der Waals surface area contributed by atoms with Gasteiger partial charge in [-0.1, -0.05) is 29.3 Å². The number of hydrogen-bond donors (Lipinski definition) is 0. The van der Waals surface area contributed by atoms with E-state index in [1.807, 2.05) is 32.6 Å². The fourth-order valence-electron chi connectivity index (χ4n) is 2.59. The zero-order valence-electron chi connectivity index (χ0n) is 12.1. The molecule has 1 aliphatic rings. The lowest BCUT2D eigenvalue weighted by atomic mass is 10.0. The molecule has 5 heteroatoms. The molecule has 2 rings (SSSR count). The molecule has 1 aliphatic heterocycles. The van der Waals surface area contributed by atoms with Gasteiger partial charge in [0.25, 0.3) is 5.91 Å². The number of hydrogen-bond acceptors (Lipinski definition) is 2. The molecule has 0 aromatic heterocycles. The van der Waals surface area contributed by atoms with Gasteiger partial charge >= 0.3 is 0 Å². The molecular weight excluding hydrogens is 297 g/mol. The lowest BCUT2D eigenvalue weighted by molar-refractivity contribution is -0.114. The molecule has 0 unspecified atom stereocenters. The van der Waals surface area contributed by atoms with Gasteiger partial charge in [-0.15, -0.1) is 0 Å². The molecule has 110 valence electrons. The zero-order chi connectivity index (χ0) is 15.0. The highest BCUT2D eigenvalue weighted by atomic mass is 35.5. The molecule has 0 saturated carbocycles. The Kier molecular flexibility index (Phi) is 4.62. The van der Waals surface area contributed by atoms with Crippen molar-refractivity contribution in [2.45, 2.75) is 52.0 Å². The molecule has 0 N–H and O–H groups in total. The van der Waals surface area contributed by atoms with E-state index < -0.39 is 0 Å². The highest BCUT2D eigenvalue weighted by Crippen LogP contribution is 2.31. The minimum Gasteiger partial charge on any atom is -0.371 e. The van der Waals surface area contributed by atoms with Crippen molar-refractivity contribution in [2.24, 2.45) is 0 Å². The van der Waals surface area contributed by atoms with Crippen LogP contribution in [-0.2, 0) is 4.74 Å². The van der Waals surface area contributed by atoms with Gasteiger partial charge in [0.05, 0.1) is 39.9 Å². The van der Waals surface area contributed by atoms with E-state index in [-0.39, 0.29) is 30.2 Å². The van der Waals surface area contributed by atoms with Crippen LogP contribution in [0.5, 0.6) is 0 Å². The van der Waals surface area contributed by atoms with Crippen LogP contribution in [0, 0.1) is 0 Å². The monoisotopic (exact) mass is 315 g/mol. The normalized spacial score (nSPS) is 30.4. The molecule has 0 radical (unpaired) electrons. The minimum atomic E-state index is -0.136. The van der Waals surface area contributed by atoms with Gasteiger partial charge in [0.2, 0.25) is 0 Å². The average molecular weight is 316 g/mol. The predicted molar refractivity (Wildman–Crippen MR) is 81.6 cm³/mol. The summed E-state index contributed by atoms with van der Waals surface area (Å²) in [5.74, 6) is -0.136. The summed E-state index contributed by atoms with van der Waals surface area (Å²) in [6.45, 7) is 7.91. The number of carbonyl (C=O) groups is 1. The summed E-state index contributed by atoms with van der Waals surface area (Å²) >= 11 is 12.3. The maximum Gasteiger partial charge on any atom is 0.257 e. The predicted octanol–water partition coefficient (Wildman–Crippen LogP) is 4.02. The number of ether oxygens (including phenoxy) is 1. The van der Waals surface area contributed by atoms with Gasteiger partial charge in [-0.2, -0.15) is 0 Å².